The standard InChI is InChI=1S/C16H20N6O/c1-10-6-8-12(9-7-10)13-18-21-22(19-13)11(2)14-17-15(20-23-14)16(3,4)5/h6-9,11H,1-5H3/t11-/m1/s1. The first-order valence-electron chi connectivity index (χ1n) is 7.55. The molecule has 0 unspecified atom stereocenters. The van der Waals surface area contributed by atoms with Gasteiger partial charge in [-0.3, -0.25) is 0 Å². The van der Waals surface area contributed by atoms with E-state index < -0.39 is 0 Å². The van der Waals surface area contributed by atoms with E-state index in [4.69, 9.17) is 4.52 Å². The van der Waals surface area contributed by atoms with Crippen LogP contribution in [0.25, 0.3) is 11.4 Å². The number of aryl methyl sites for hydroxylation is 1. The van der Waals surface area contributed by atoms with Gasteiger partial charge in [-0.15, -0.1) is 10.2 Å². The molecule has 2 aromatic heterocycles. The fraction of sp³-hybridized carbons (Fsp3) is 0.438. The van der Waals surface area contributed by atoms with Gasteiger partial charge in [-0.2, -0.15) is 9.78 Å². The van der Waals surface area contributed by atoms with Gasteiger partial charge < -0.3 is 4.52 Å². The molecule has 0 aliphatic heterocycles. The summed E-state index contributed by atoms with van der Waals surface area (Å²) in [6.07, 6.45) is 0. The lowest BCUT2D eigenvalue weighted by Gasteiger charge is -2.11. The van der Waals surface area contributed by atoms with Crippen molar-refractivity contribution in [3.63, 3.8) is 0 Å². The zero-order valence-electron chi connectivity index (χ0n) is 14.0. The van der Waals surface area contributed by atoms with Gasteiger partial charge in [0.05, 0.1) is 0 Å². The molecule has 7 heteroatoms. The van der Waals surface area contributed by atoms with Gasteiger partial charge >= 0.3 is 0 Å². The molecule has 1 atom stereocenters. The number of hydrogen-bond donors (Lipinski definition) is 0. The Morgan fingerprint density at radius 1 is 1.13 bits per heavy atom. The summed E-state index contributed by atoms with van der Waals surface area (Å²) in [5.74, 6) is 1.72. The summed E-state index contributed by atoms with van der Waals surface area (Å²) in [5, 5.41) is 16.7. The van der Waals surface area contributed by atoms with Crippen molar-refractivity contribution >= 4 is 0 Å². The van der Waals surface area contributed by atoms with Crippen molar-refractivity contribution in [2.75, 3.05) is 0 Å². The molecule has 3 rings (SSSR count). The minimum atomic E-state index is -0.273. The van der Waals surface area contributed by atoms with Crippen LogP contribution in [-0.4, -0.2) is 30.3 Å². The molecule has 0 N–H and O–H groups in total. The van der Waals surface area contributed by atoms with Gasteiger partial charge in [0.25, 0.3) is 5.89 Å². The van der Waals surface area contributed by atoms with Crippen LogP contribution in [0, 0.1) is 6.92 Å². The highest BCUT2D eigenvalue weighted by Crippen LogP contribution is 2.22. The summed E-state index contributed by atoms with van der Waals surface area (Å²) in [4.78, 5) is 5.94. The second kappa shape index (κ2) is 5.57. The van der Waals surface area contributed by atoms with E-state index in [0.29, 0.717) is 17.5 Å². The lowest BCUT2D eigenvalue weighted by Crippen LogP contribution is -2.15. The molecule has 0 spiro atoms. The van der Waals surface area contributed by atoms with E-state index in [0.717, 1.165) is 5.56 Å². The number of nitrogens with zero attached hydrogens (tertiary/aromatic N) is 6. The van der Waals surface area contributed by atoms with Crippen molar-refractivity contribution in [1.29, 1.82) is 0 Å². The molecule has 0 saturated heterocycles. The molecule has 0 radical (unpaired) electrons. The average molecular weight is 312 g/mol. The van der Waals surface area contributed by atoms with Crippen LogP contribution in [-0.2, 0) is 5.41 Å². The Kier molecular flexibility index (Phi) is 3.71. The summed E-state index contributed by atoms with van der Waals surface area (Å²) in [6.45, 7) is 10.1. The quantitative estimate of drug-likeness (QED) is 0.739. The molecule has 0 bridgehead atoms. The van der Waals surface area contributed by atoms with Crippen molar-refractivity contribution in [1.82, 2.24) is 30.3 Å². The van der Waals surface area contributed by atoms with Gasteiger partial charge in [0.2, 0.25) is 5.82 Å². The first-order valence-corrected chi connectivity index (χ1v) is 7.55. The summed E-state index contributed by atoms with van der Waals surface area (Å²) in [6, 6.07) is 7.72. The van der Waals surface area contributed by atoms with Crippen molar-refractivity contribution < 1.29 is 4.52 Å². The van der Waals surface area contributed by atoms with Crippen molar-refractivity contribution in [3.8, 4) is 11.4 Å². The monoisotopic (exact) mass is 312 g/mol. The Hall–Kier alpha value is -2.57. The number of hydrogen-bond acceptors (Lipinski definition) is 6. The van der Waals surface area contributed by atoms with E-state index in [9.17, 15) is 0 Å². The van der Waals surface area contributed by atoms with Crippen LogP contribution in [0.1, 0.15) is 51.0 Å². The van der Waals surface area contributed by atoms with Crippen LogP contribution >= 0.6 is 0 Å². The average Bonchev–Trinajstić information content (AvgIpc) is 3.16. The normalized spacial score (nSPS) is 13.3. The molecule has 0 aliphatic rings. The maximum atomic E-state index is 5.35. The van der Waals surface area contributed by atoms with Gasteiger partial charge in [0.15, 0.2) is 5.82 Å². The van der Waals surface area contributed by atoms with Crippen LogP contribution in [0.3, 0.4) is 0 Å². The highest BCUT2D eigenvalue weighted by molar-refractivity contribution is 5.54. The number of aromatic nitrogens is 6. The Balaban J connectivity index is 1.85. The van der Waals surface area contributed by atoms with Crippen molar-refractivity contribution in [2.24, 2.45) is 0 Å². The Labute approximate surface area is 134 Å². The molecule has 0 amide bonds. The second-order valence-electron chi connectivity index (χ2n) is 6.68. The topological polar surface area (TPSA) is 82.5 Å². The van der Waals surface area contributed by atoms with Gasteiger partial charge in [-0.1, -0.05) is 55.8 Å². The molecule has 0 saturated carbocycles. The largest absolute Gasteiger partial charge is 0.337 e. The zero-order chi connectivity index (χ0) is 16.6. The molecule has 2 heterocycles. The summed E-state index contributed by atoms with van der Waals surface area (Å²) >= 11 is 0. The van der Waals surface area contributed by atoms with Crippen LogP contribution < -0.4 is 0 Å². The lowest BCUT2D eigenvalue weighted by atomic mass is 9.96. The van der Waals surface area contributed by atoms with E-state index >= 15 is 0 Å². The van der Waals surface area contributed by atoms with Gasteiger partial charge in [-0.05, 0) is 19.1 Å². The zero-order valence-corrected chi connectivity index (χ0v) is 14.0. The van der Waals surface area contributed by atoms with Crippen LogP contribution in [0.5, 0.6) is 0 Å². The highest BCUT2D eigenvalue weighted by atomic mass is 16.5. The summed E-state index contributed by atoms with van der Waals surface area (Å²) in [7, 11) is 0. The van der Waals surface area contributed by atoms with Crippen LogP contribution in [0.4, 0.5) is 0 Å². The smallest absolute Gasteiger partial charge is 0.253 e. The minimum absolute atomic E-state index is 0.162. The van der Waals surface area contributed by atoms with Gasteiger partial charge in [0.1, 0.15) is 6.04 Å². The van der Waals surface area contributed by atoms with Gasteiger partial charge in [-0.25, -0.2) is 0 Å². The molecule has 0 aliphatic carbocycles. The molecule has 23 heavy (non-hydrogen) atoms. The van der Waals surface area contributed by atoms with Crippen LogP contribution in [0.15, 0.2) is 28.8 Å². The Morgan fingerprint density at radius 2 is 1.83 bits per heavy atom. The van der Waals surface area contributed by atoms with Crippen molar-refractivity contribution in [2.45, 2.75) is 46.1 Å². The Bertz CT molecular complexity index is 797. The van der Waals surface area contributed by atoms with E-state index in [-0.39, 0.29) is 11.5 Å². The van der Waals surface area contributed by atoms with E-state index in [1.54, 1.807) is 0 Å². The molecule has 3 aromatic rings. The summed E-state index contributed by atoms with van der Waals surface area (Å²) in [5.41, 5.74) is 1.95. The maximum absolute atomic E-state index is 5.35. The molecule has 120 valence electrons. The maximum Gasteiger partial charge on any atom is 0.253 e. The molecular weight excluding hydrogens is 292 g/mol. The highest BCUT2D eigenvalue weighted by Gasteiger charge is 2.25. The fourth-order valence-electron chi connectivity index (χ4n) is 2.02. The Morgan fingerprint density at radius 3 is 2.43 bits per heavy atom. The first kappa shape index (κ1) is 15.3. The fourth-order valence-corrected chi connectivity index (χ4v) is 2.02. The second-order valence-corrected chi connectivity index (χ2v) is 6.68. The van der Waals surface area contributed by atoms with Crippen molar-refractivity contribution in [3.05, 3.63) is 41.5 Å². The minimum Gasteiger partial charge on any atom is -0.337 e. The van der Waals surface area contributed by atoms with E-state index in [1.165, 1.54) is 10.4 Å². The van der Waals surface area contributed by atoms with E-state index in [1.807, 2.05) is 58.9 Å². The van der Waals surface area contributed by atoms with E-state index in [2.05, 4.69) is 25.6 Å². The molecular formula is C16H20N6O. The molecule has 0 fully saturated rings. The molecule has 1 aromatic carbocycles. The first-order chi connectivity index (χ1) is 10.8. The SMILES string of the molecule is Cc1ccc(-c2nnn([C@H](C)c3nc(C(C)(C)C)no3)n2)cc1. The predicted octanol–water partition coefficient (Wildman–Crippen LogP) is 2.94. The third-order valence-electron chi connectivity index (χ3n) is 3.55. The third kappa shape index (κ3) is 3.13. The molecule has 7 nitrogen and oxygen atoms in total. The third-order valence-corrected chi connectivity index (χ3v) is 3.55. The number of rotatable bonds is 3. The van der Waals surface area contributed by atoms with Crippen LogP contribution in [0.2, 0.25) is 0 Å². The van der Waals surface area contributed by atoms with Gasteiger partial charge in [0, 0.05) is 11.0 Å². The number of benzene rings is 1. The predicted molar refractivity (Wildman–Crippen MR) is 84.8 cm³/mol. The lowest BCUT2D eigenvalue weighted by molar-refractivity contribution is 0.315. The summed E-state index contributed by atoms with van der Waals surface area (Å²) < 4.78 is 5.35. The number of tetrazole rings is 1.